The maximum atomic E-state index is 13.5. The van der Waals surface area contributed by atoms with Crippen LogP contribution in [0.1, 0.15) is 21.5 Å². The molecule has 0 fully saturated rings. The average molecular weight is 434 g/mol. The molecular formula is C25H20ClNO4. The van der Waals surface area contributed by atoms with Crippen molar-refractivity contribution in [2.45, 2.75) is 13.1 Å². The second-order valence-corrected chi connectivity index (χ2v) is 7.49. The van der Waals surface area contributed by atoms with Crippen molar-refractivity contribution >= 4 is 28.5 Å². The molecule has 1 amide bonds. The third-order valence-electron chi connectivity index (χ3n) is 5.01. The molecule has 156 valence electrons. The van der Waals surface area contributed by atoms with Gasteiger partial charge in [0.25, 0.3) is 5.91 Å². The molecule has 0 aliphatic heterocycles. The number of hydrogen-bond acceptors (Lipinski definition) is 4. The number of nitrogens with zero attached hydrogens (tertiary/aromatic N) is 1. The number of amides is 1. The summed E-state index contributed by atoms with van der Waals surface area (Å²) in [6, 6.07) is 23.4. The monoisotopic (exact) mass is 433 g/mol. The van der Waals surface area contributed by atoms with E-state index in [0.29, 0.717) is 22.5 Å². The lowest BCUT2D eigenvalue weighted by molar-refractivity contribution is 0.0726. The summed E-state index contributed by atoms with van der Waals surface area (Å²) in [4.78, 5) is 27.6. The van der Waals surface area contributed by atoms with E-state index in [9.17, 15) is 9.59 Å². The van der Waals surface area contributed by atoms with E-state index in [1.54, 1.807) is 42.3 Å². The molecule has 6 heteroatoms. The molecular weight excluding hydrogens is 414 g/mol. The van der Waals surface area contributed by atoms with Crippen LogP contribution in [0.3, 0.4) is 0 Å². The van der Waals surface area contributed by atoms with Crippen molar-refractivity contribution in [2.24, 2.45) is 0 Å². The van der Waals surface area contributed by atoms with Gasteiger partial charge in [-0.25, -0.2) is 4.79 Å². The first-order chi connectivity index (χ1) is 15.0. The minimum atomic E-state index is -0.664. The van der Waals surface area contributed by atoms with E-state index in [-0.39, 0.29) is 12.1 Å². The van der Waals surface area contributed by atoms with Crippen molar-refractivity contribution < 1.29 is 13.9 Å². The van der Waals surface area contributed by atoms with Gasteiger partial charge in [0.15, 0.2) is 0 Å². The SMILES string of the molecule is COc1ccc(CN(Cc2ccccc2Cl)C(=O)c2cc3ccccc3oc2=O)cc1. The van der Waals surface area contributed by atoms with Crippen LogP contribution in [0.25, 0.3) is 11.0 Å². The minimum absolute atomic E-state index is 0.0146. The number of para-hydroxylation sites is 1. The van der Waals surface area contributed by atoms with Gasteiger partial charge in [-0.3, -0.25) is 4.79 Å². The Bertz CT molecular complexity index is 1280. The van der Waals surface area contributed by atoms with Gasteiger partial charge in [-0.2, -0.15) is 0 Å². The molecule has 4 aromatic rings. The number of benzene rings is 3. The molecule has 0 N–H and O–H groups in total. The van der Waals surface area contributed by atoms with Gasteiger partial charge in [-0.05, 0) is 41.5 Å². The standard InChI is InChI=1S/C25H20ClNO4/c1-30-20-12-10-17(11-13-20)15-27(16-19-7-2-4-8-22(19)26)24(28)21-14-18-6-3-5-9-23(18)31-25(21)29/h2-14H,15-16H2,1H3. The second kappa shape index (κ2) is 9.06. The quantitative estimate of drug-likeness (QED) is 0.387. The predicted molar refractivity (Wildman–Crippen MR) is 121 cm³/mol. The molecule has 0 unspecified atom stereocenters. The zero-order chi connectivity index (χ0) is 21.8. The van der Waals surface area contributed by atoms with Crippen molar-refractivity contribution in [2.75, 3.05) is 7.11 Å². The summed E-state index contributed by atoms with van der Waals surface area (Å²) in [5, 5.41) is 1.24. The molecule has 0 aliphatic carbocycles. The zero-order valence-corrected chi connectivity index (χ0v) is 17.6. The van der Waals surface area contributed by atoms with Gasteiger partial charge < -0.3 is 14.1 Å². The number of fused-ring (bicyclic) bond motifs is 1. The van der Waals surface area contributed by atoms with Gasteiger partial charge in [-0.1, -0.05) is 60.1 Å². The van der Waals surface area contributed by atoms with Gasteiger partial charge in [0.05, 0.1) is 7.11 Å². The molecule has 1 heterocycles. The molecule has 0 saturated carbocycles. The van der Waals surface area contributed by atoms with E-state index in [4.69, 9.17) is 20.8 Å². The topological polar surface area (TPSA) is 59.8 Å². The number of halogens is 1. The van der Waals surface area contributed by atoms with Gasteiger partial charge in [0, 0.05) is 23.5 Å². The van der Waals surface area contributed by atoms with Crippen molar-refractivity contribution in [3.8, 4) is 5.75 Å². The van der Waals surface area contributed by atoms with Gasteiger partial charge in [0.2, 0.25) is 0 Å². The molecule has 5 nitrogen and oxygen atoms in total. The van der Waals surface area contributed by atoms with Crippen molar-refractivity contribution in [3.63, 3.8) is 0 Å². The number of carbonyl (C=O) groups is 1. The summed E-state index contributed by atoms with van der Waals surface area (Å²) < 4.78 is 10.6. The van der Waals surface area contributed by atoms with Crippen LogP contribution in [0.5, 0.6) is 5.75 Å². The Balaban J connectivity index is 1.71. The predicted octanol–water partition coefficient (Wildman–Crippen LogP) is 5.30. The van der Waals surface area contributed by atoms with Crippen LogP contribution in [0.4, 0.5) is 0 Å². The molecule has 0 bridgehead atoms. The largest absolute Gasteiger partial charge is 0.497 e. The van der Waals surface area contributed by atoms with E-state index in [1.165, 1.54) is 0 Å². The molecule has 0 radical (unpaired) electrons. The Kier molecular flexibility index (Phi) is 6.05. The van der Waals surface area contributed by atoms with Crippen LogP contribution in [0.15, 0.2) is 88.1 Å². The van der Waals surface area contributed by atoms with Crippen molar-refractivity contribution in [1.82, 2.24) is 4.90 Å². The molecule has 0 atom stereocenters. The number of carbonyl (C=O) groups excluding carboxylic acids is 1. The molecule has 1 aromatic heterocycles. The smallest absolute Gasteiger partial charge is 0.349 e. The maximum Gasteiger partial charge on any atom is 0.349 e. The lowest BCUT2D eigenvalue weighted by Gasteiger charge is -2.23. The maximum absolute atomic E-state index is 13.5. The highest BCUT2D eigenvalue weighted by Crippen LogP contribution is 2.22. The summed E-state index contributed by atoms with van der Waals surface area (Å²) in [6.45, 7) is 0.539. The Morgan fingerprint density at radius 2 is 1.68 bits per heavy atom. The molecule has 0 aliphatic rings. The van der Waals surface area contributed by atoms with E-state index in [0.717, 1.165) is 16.9 Å². The van der Waals surface area contributed by atoms with E-state index < -0.39 is 11.5 Å². The Hall–Kier alpha value is -3.57. The van der Waals surface area contributed by atoms with E-state index in [1.807, 2.05) is 48.5 Å². The zero-order valence-electron chi connectivity index (χ0n) is 16.9. The highest BCUT2D eigenvalue weighted by Gasteiger charge is 2.22. The Labute approximate surface area is 184 Å². The van der Waals surface area contributed by atoms with Gasteiger partial charge in [0.1, 0.15) is 16.9 Å². The van der Waals surface area contributed by atoms with E-state index in [2.05, 4.69) is 0 Å². The molecule has 31 heavy (non-hydrogen) atoms. The molecule has 0 spiro atoms. The first kappa shape index (κ1) is 20.7. The first-order valence-corrected chi connectivity index (χ1v) is 10.1. The van der Waals surface area contributed by atoms with Crippen LogP contribution in [0.2, 0.25) is 5.02 Å². The summed E-state index contributed by atoms with van der Waals surface area (Å²) in [7, 11) is 1.60. The van der Waals surface area contributed by atoms with Crippen LogP contribution in [-0.4, -0.2) is 17.9 Å². The fraction of sp³-hybridized carbons (Fsp3) is 0.120. The highest BCUT2D eigenvalue weighted by molar-refractivity contribution is 6.31. The van der Waals surface area contributed by atoms with Crippen LogP contribution >= 0.6 is 11.6 Å². The number of rotatable bonds is 6. The Morgan fingerprint density at radius 3 is 2.42 bits per heavy atom. The van der Waals surface area contributed by atoms with Crippen LogP contribution in [-0.2, 0) is 13.1 Å². The van der Waals surface area contributed by atoms with Crippen LogP contribution < -0.4 is 10.4 Å². The number of hydrogen-bond donors (Lipinski definition) is 0. The normalized spacial score (nSPS) is 10.8. The minimum Gasteiger partial charge on any atom is -0.497 e. The first-order valence-electron chi connectivity index (χ1n) is 9.73. The highest BCUT2D eigenvalue weighted by atomic mass is 35.5. The van der Waals surface area contributed by atoms with E-state index >= 15 is 0 Å². The van der Waals surface area contributed by atoms with Crippen LogP contribution in [0, 0.1) is 0 Å². The summed E-state index contributed by atoms with van der Waals surface area (Å²) in [5.74, 6) is 0.304. The van der Waals surface area contributed by atoms with Crippen molar-refractivity contribution in [3.05, 3.63) is 111 Å². The fourth-order valence-electron chi connectivity index (χ4n) is 3.36. The molecule has 0 saturated heterocycles. The van der Waals surface area contributed by atoms with Crippen molar-refractivity contribution in [1.29, 1.82) is 0 Å². The number of methoxy groups -OCH3 is 1. The van der Waals surface area contributed by atoms with Gasteiger partial charge in [-0.15, -0.1) is 0 Å². The van der Waals surface area contributed by atoms with Gasteiger partial charge >= 0.3 is 5.63 Å². The summed E-state index contributed by atoms with van der Waals surface area (Å²) in [6.07, 6.45) is 0. The third-order valence-corrected chi connectivity index (χ3v) is 5.38. The Morgan fingerprint density at radius 1 is 0.968 bits per heavy atom. The average Bonchev–Trinajstić information content (AvgIpc) is 2.79. The number of ether oxygens (including phenoxy) is 1. The lowest BCUT2D eigenvalue weighted by Crippen LogP contribution is -2.33. The lowest BCUT2D eigenvalue weighted by atomic mass is 10.1. The molecule has 4 rings (SSSR count). The molecule has 3 aromatic carbocycles. The third kappa shape index (κ3) is 4.62. The summed E-state index contributed by atoms with van der Waals surface area (Å²) in [5.41, 5.74) is 1.45. The summed E-state index contributed by atoms with van der Waals surface area (Å²) >= 11 is 6.34. The fourth-order valence-corrected chi connectivity index (χ4v) is 3.56. The second-order valence-electron chi connectivity index (χ2n) is 7.09.